The average Bonchev–Trinajstić information content (AvgIpc) is 2.29. The van der Waals surface area contributed by atoms with Crippen molar-refractivity contribution < 1.29 is 0 Å². The van der Waals surface area contributed by atoms with Crippen molar-refractivity contribution in [3.63, 3.8) is 0 Å². The number of hydrogen-bond acceptors (Lipinski definition) is 0. The molecular weight excluding hydrogens is 168 g/mol. The second kappa shape index (κ2) is 3.87. The highest BCUT2D eigenvalue weighted by Crippen LogP contribution is 2.47. The minimum Gasteiger partial charge on any atom is -0.0602 e. The molecule has 1 saturated carbocycles. The van der Waals surface area contributed by atoms with E-state index in [0.29, 0.717) is 10.8 Å². The molecule has 1 aliphatic carbocycles. The Morgan fingerprint density at radius 2 is 1.50 bits per heavy atom. The van der Waals surface area contributed by atoms with Gasteiger partial charge in [0.2, 0.25) is 0 Å². The van der Waals surface area contributed by atoms with Crippen LogP contribution in [0.3, 0.4) is 0 Å². The van der Waals surface area contributed by atoms with E-state index in [2.05, 4.69) is 41.5 Å². The van der Waals surface area contributed by atoms with Gasteiger partial charge in [-0.3, -0.25) is 0 Å². The van der Waals surface area contributed by atoms with E-state index in [1.165, 1.54) is 25.7 Å². The monoisotopic (exact) mass is 196 g/mol. The summed E-state index contributed by atoms with van der Waals surface area (Å²) in [6.45, 7) is 14.4. The molecule has 0 unspecified atom stereocenters. The lowest BCUT2D eigenvalue weighted by Gasteiger charge is -2.35. The number of rotatable bonds is 1. The van der Waals surface area contributed by atoms with E-state index in [1.54, 1.807) is 0 Å². The summed E-state index contributed by atoms with van der Waals surface area (Å²) in [5.41, 5.74) is 1.03. The van der Waals surface area contributed by atoms with Crippen molar-refractivity contribution in [3.8, 4) is 0 Å². The summed E-state index contributed by atoms with van der Waals surface area (Å²) < 4.78 is 0. The maximum atomic E-state index is 2.42. The van der Waals surface area contributed by atoms with Gasteiger partial charge in [0.15, 0.2) is 0 Å². The van der Waals surface area contributed by atoms with Gasteiger partial charge in [0.05, 0.1) is 0 Å². The Morgan fingerprint density at radius 3 is 1.93 bits per heavy atom. The molecule has 1 fully saturated rings. The molecule has 0 heteroatoms. The van der Waals surface area contributed by atoms with Crippen LogP contribution in [0.25, 0.3) is 0 Å². The molecule has 0 spiro atoms. The lowest BCUT2D eigenvalue weighted by Crippen LogP contribution is -2.26. The fraction of sp³-hybridized carbons (Fsp3) is 1.00. The second-order valence-electron chi connectivity index (χ2n) is 7.43. The van der Waals surface area contributed by atoms with E-state index in [4.69, 9.17) is 0 Å². The van der Waals surface area contributed by atoms with Gasteiger partial charge >= 0.3 is 0 Å². The molecule has 0 saturated heterocycles. The molecule has 14 heavy (non-hydrogen) atoms. The van der Waals surface area contributed by atoms with Crippen LogP contribution in [0.1, 0.15) is 67.2 Å². The molecule has 0 bridgehead atoms. The minimum absolute atomic E-state index is 0.512. The van der Waals surface area contributed by atoms with Crippen LogP contribution in [0.4, 0.5) is 0 Å². The molecule has 1 rings (SSSR count). The van der Waals surface area contributed by atoms with Crippen LogP contribution in [0.15, 0.2) is 0 Å². The van der Waals surface area contributed by atoms with Crippen LogP contribution >= 0.6 is 0 Å². The van der Waals surface area contributed by atoms with Crippen molar-refractivity contribution in [1.29, 1.82) is 0 Å². The first-order valence-corrected chi connectivity index (χ1v) is 6.20. The fourth-order valence-corrected chi connectivity index (χ4v) is 3.21. The largest absolute Gasteiger partial charge is 0.0602 e. The predicted molar refractivity (Wildman–Crippen MR) is 64.4 cm³/mol. The Morgan fingerprint density at radius 1 is 0.929 bits per heavy atom. The third-order valence-corrected chi connectivity index (χ3v) is 3.65. The van der Waals surface area contributed by atoms with Crippen molar-refractivity contribution in [1.82, 2.24) is 0 Å². The molecule has 0 amide bonds. The number of hydrogen-bond donors (Lipinski definition) is 0. The van der Waals surface area contributed by atoms with Gasteiger partial charge in [-0.25, -0.2) is 0 Å². The SMILES string of the molecule is CC(C)(C)C[C@H]1CCC[C@H]1C(C)(C)C. The average molecular weight is 196 g/mol. The fourth-order valence-electron chi connectivity index (χ4n) is 3.21. The maximum absolute atomic E-state index is 2.42. The van der Waals surface area contributed by atoms with E-state index in [9.17, 15) is 0 Å². The molecule has 0 heterocycles. The van der Waals surface area contributed by atoms with Gasteiger partial charge in [-0.1, -0.05) is 54.4 Å². The zero-order valence-electron chi connectivity index (χ0n) is 11.0. The van der Waals surface area contributed by atoms with Gasteiger partial charge in [-0.15, -0.1) is 0 Å². The van der Waals surface area contributed by atoms with Gasteiger partial charge in [0.1, 0.15) is 0 Å². The van der Waals surface area contributed by atoms with Crippen molar-refractivity contribution in [2.45, 2.75) is 67.2 Å². The van der Waals surface area contributed by atoms with Crippen molar-refractivity contribution in [3.05, 3.63) is 0 Å². The van der Waals surface area contributed by atoms with E-state index < -0.39 is 0 Å². The topological polar surface area (TPSA) is 0 Å². The molecule has 0 nitrogen and oxygen atoms in total. The van der Waals surface area contributed by atoms with E-state index in [0.717, 1.165) is 11.8 Å². The van der Waals surface area contributed by atoms with Crippen LogP contribution in [-0.4, -0.2) is 0 Å². The minimum atomic E-state index is 0.512. The summed E-state index contributed by atoms with van der Waals surface area (Å²) in [7, 11) is 0. The molecule has 84 valence electrons. The molecule has 0 aromatic rings. The Balaban J connectivity index is 2.61. The van der Waals surface area contributed by atoms with Crippen LogP contribution in [0.5, 0.6) is 0 Å². The van der Waals surface area contributed by atoms with Crippen LogP contribution in [0, 0.1) is 22.7 Å². The van der Waals surface area contributed by atoms with E-state index in [1.807, 2.05) is 0 Å². The Bertz CT molecular complexity index is 177. The predicted octanol–water partition coefficient (Wildman–Crippen LogP) is 4.89. The summed E-state index contributed by atoms with van der Waals surface area (Å²) in [5.74, 6) is 1.94. The summed E-state index contributed by atoms with van der Waals surface area (Å²) in [5, 5.41) is 0. The second-order valence-corrected chi connectivity index (χ2v) is 7.43. The third-order valence-electron chi connectivity index (χ3n) is 3.65. The molecule has 2 atom stereocenters. The molecule has 0 aliphatic heterocycles. The zero-order valence-corrected chi connectivity index (χ0v) is 11.0. The molecule has 1 aliphatic rings. The summed E-state index contributed by atoms with van der Waals surface area (Å²) >= 11 is 0. The van der Waals surface area contributed by atoms with Crippen molar-refractivity contribution in [2.24, 2.45) is 22.7 Å². The first-order valence-electron chi connectivity index (χ1n) is 6.20. The maximum Gasteiger partial charge on any atom is -0.0337 e. The summed E-state index contributed by atoms with van der Waals surface area (Å²) in [6, 6.07) is 0. The van der Waals surface area contributed by atoms with E-state index in [-0.39, 0.29) is 0 Å². The first kappa shape index (κ1) is 12.1. The molecular formula is C14H28. The van der Waals surface area contributed by atoms with Crippen LogP contribution < -0.4 is 0 Å². The van der Waals surface area contributed by atoms with Crippen LogP contribution in [0.2, 0.25) is 0 Å². The highest BCUT2D eigenvalue weighted by molar-refractivity contribution is 4.87. The van der Waals surface area contributed by atoms with Gasteiger partial charge < -0.3 is 0 Å². The lowest BCUT2D eigenvalue weighted by molar-refractivity contribution is 0.146. The lowest BCUT2D eigenvalue weighted by atomic mass is 9.70. The van der Waals surface area contributed by atoms with Gasteiger partial charge in [0.25, 0.3) is 0 Å². The third kappa shape index (κ3) is 3.29. The first-order chi connectivity index (χ1) is 6.20. The van der Waals surface area contributed by atoms with Gasteiger partial charge in [-0.2, -0.15) is 0 Å². The van der Waals surface area contributed by atoms with Crippen LogP contribution in [-0.2, 0) is 0 Å². The molecule has 0 aromatic carbocycles. The highest BCUT2D eigenvalue weighted by atomic mass is 14.4. The molecule has 0 aromatic heterocycles. The summed E-state index contributed by atoms with van der Waals surface area (Å²) in [4.78, 5) is 0. The smallest absolute Gasteiger partial charge is 0.0337 e. The Labute approximate surface area is 90.5 Å². The quantitative estimate of drug-likeness (QED) is 0.560. The Kier molecular flexibility index (Phi) is 3.33. The molecule has 0 N–H and O–H groups in total. The Hall–Kier alpha value is 0. The van der Waals surface area contributed by atoms with Crippen molar-refractivity contribution in [2.75, 3.05) is 0 Å². The zero-order chi connectivity index (χ0) is 11.0. The van der Waals surface area contributed by atoms with Gasteiger partial charge in [-0.05, 0) is 35.5 Å². The summed E-state index contributed by atoms with van der Waals surface area (Å²) in [6.07, 6.45) is 5.81. The van der Waals surface area contributed by atoms with E-state index >= 15 is 0 Å². The standard InChI is InChI=1S/C14H28/c1-13(2,3)10-11-8-7-9-12(11)14(4,5)6/h11-12H,7-10H2,1-6H3/t11-,12-/m1/s1. The van der Waals surface area contributed by atoms with Crippen molar-refractivity contribution >= 4 is 0 Å². The molecule has 0 radical (unpaired) electrons. The van der Waals surface area contributed by atoms with Gasteiger partial charge in [0, 0.05) is 0 Å². The normalized spacial score (nSPS) is 29.6. The highest BCUT2D eigenvalue weighted by Gasteiger charge is 2.37.